The smallest absolute Gasteiger partial charge is 0.0205 e. The van der Waals surface area contributed by atoms with Gasteiger partial charge in [-0.2, -0.15) is 0 Å². The van der Waals surface area contributed by atoms with Crippen molar-refractivity contribution in [2.24, 2.45) is 0 Å². The van der Waals surface area contributed by atoms with Gasteiger partial charge in [-0.15, -0.1) is 0 Å². The lowest BCUT2D eigenvalue weighted by molar-refractivity contribution is 0.721. The number of hydrogen-bond donors (Lipinski definition) is 1. The first kappa shape index (κ1) is 11.3. The Kier molecular flexibility index (Phi) is 5.31. The van der Waals surface area contributed by atoms with E-state index in [0.717, 1.165) is 25.9 Å². The largest absolute Gasteiger partial charge is 0.312 e. The van der Waals surface area contributed by atoms with E-state index in [9.17, 15) is 0 Å². The lowest BCUT2D eigenvalue weighted by atomic mass is 10.1. The van der Waals surface area contributed by atoms with E-state index in [0.29, 0.717) is 0 Å². The van der Waals surface area contributed by atoms with Crippen LogP contribution in [0.15, 0.2) is 24.3 Å². The number of rotatable bonds is 6. The van der Waals surface area contributed by atoms with Gasteiger partial charge in [-0.25, -0.2) is 0 Å². The van der Waals surface area contributed by atoms with E-state index in [2.05, 4.69) is 49.9 Å². The Morgan fingerprint density at radius 2 is 2.00 bits per heavy atom. The summed E-state index contributed by atoms with van der Waals surface area (Å²) in [5.41, 5.74) is 2.80. The topological polar surface area (TPSA) is 12.0 Å². The molecule has 0 saturated carbocycles. The number of unbranched alkanes of at least 4 members (excludes halogenated alkanes) is 1. The van der Waals surface area contributed by atoms with Gasteiger partial charge in [0.15, 0.2) is 0 Å². The normalized spacial score (nSPS) is 10.4. The molecule has 1 nitrogen and oxygen atoms in total. The number of nitrogens with one attached hydrogen (secondary N) is 1. The number of aryl methyl sites for hydroxylation is 1. The molecule has 0 aliphatic heterocycles. The first-order valence-electron chi connectivity index (χ1n) is 5.47. The summed E-state index contributed by atoms with van der Waals surface area (Å²) in [5, 5.41) is 3.40. The molecule has 0 aromatic heterocycles. The van der Waals surface area contributed by atoms with Gasteiger partial charge >= 0.3 is 0 Å². The summed E-state index contributed by atoms with van der Waals surface area (Å²) >= 11 is 0. The molecular formula is C13H20N. The van der Waals surface area contributed by atoms with E-state index >= 15 is 0 Å². The van der Waals surface area contributed by atoms with E-state index in [1.807, 2.05) is 0 Å². The minimum atomic E-state index is 0.977. The molecule has 1 aromatic rings. The molecule has 0 fully saturated rings. The third-order valence-electron chi connectivity index (χ3n) is 2.31. The first-order valence-corrected chi connectivity index (χ1v) is 5.47. The quantitative estimate of drug-likeness (QED) is 0.680. The lowest BCUT2D eigenvalue weighted by Crippen LogP contribution is -2.14. The predicted molar refractivity (Wildman–Crippen MR) is 62.1 cm³/mol. The third kappa shape index (κ3) is 3.93. The summed E-state index contributed by atoms with van der Waals surface area (Å²) in [6.07, 6.45) is 4.51. The summed E-state index contributed by atoms with van der Waals surface area (Å²) in [7, 11) is 0. The van der Waals surface area contributed by atoms with Gasteiger partial charge in [-0.1, -0.05) is 44.5 Å². The fourth-order valence-electron chi connectivity index (χ4n) is 1.42. The van der Waals surface area contributed by atoms with Crippen LogP contribution in [-0.2, 0) is 13.0 Å². The zero-order chi connectivity index (χ0) is 10.2. The maximum absolute atomic E-state index is 3.40. The molecule has 0 saturated heterocycles. The molecule has 0 aliphatic rings. The lowest BCUT2D eigenvalue weighted by Gasteiger charge is -2.05. The minimum Gasteiger partial charge on any atom is -0.312 e. The third-order valence-corrected chi connectivity index (χ3v) is 2.31. The second-order valence-electron chi connectivity index (χ2n) is 3.50. The first-order chi connectivity index (χ1) is 6.86. The van der Waals surface area contributed by atoms with Gasteiger partial charge in [0.1, 0.15) is 0 Å². The summed E-state index contributed by atoms with van der Waals surface area (Å²) < 4.78 is 0. The highest BCUT2D eigenvalue weighted by Gasteiger charge is 1.93. The summed E-state index contributed by atoms with van der Waals surface area (Å²) in [6, 6.07) is 8.78. The van der Waals surface area contributed by atoms with Crippen molar-refractivity contribution in [3.8, 4) is 0 Å². The molecule has 0 bridgehead atoms. The molecule has 1 aromatic carbocycles. The van der Waals surface area contributed by atoms with Gasteiger partial charge in [0, 0.05) is 6.54 Å². The van der Waals surface area contributed by atoms with Crippen LogP contribution in [0.2, 0.25) is 0 Å². The highest BCUT2D eigenvalue weighted by atomic mass is 14.8. The maximum Gasteiger partial charge on any atom is 0.0205 e. The Morgan fingerprint density at radius 3 is 2.71 bits per heavy atom. The van der Waals surface area contributed by atoms with Gasteiger partial charge in [0.2, 0.25) is 0 Å². The fraction of sp³-hybridized carbons (Fsp3) is 0.462. The second-order valence-corrected chi connectivity index (χ2v) is 3.50. The van der Waals surface area contributed by atoms with Crippen LogP contribution in [0, 0.1) is 6.42 Å². The van der Waals surface area contributed by atoms with Crippen LogP contribution in [0.4, 0.5) is 0 Å². The molecule has 0 atom stereocenters. The molecule has 14 heavy (non-hydrogen) atoms. The van der Waals surface area contributed by atoms with Crippen LogP contribution in [-0.4, -0.2) is 6.54 Å². The Morgan fingerprint density at radius 1 is 1.21 bits per heavy atom. The standard InChI is InChI=1S/C13H20N/c1-3-5-9-14-11-13-8-6-7-12(4-2)10-13/h5-8,10,14H,3-4,9,11H2,1-2H3. The highest BCUT2D eigenvalue weighted by molar-refractivity contribution is 5.23. The average molecular weight is 190 g/mol. The number of benzene rings is 1. The summed E-state index contributed by atoms with van der Waals surface area (Å²) in [5.74, 6) is 0. The highest BCUT2D eigenvalue weighted by Crippen LogP contribution is 2.05. The van der Waals surface area contributed by atoms with E-state index in [1.165, 1.54) is 11.1 Å². The molecule has 1 heteroatoms. The van der Waals surface area contributed by atoms with Crippen molar-refractivity contribution in [2.45, 2.75) is 33.2 Å². The van der Waals surface area contributed by atoms with Crippen molar-refractivity contribution < 1.29 is 0 Å². The predicted octanol–water partition coefficient (Wildman–Crippen LogP) is 2.95. The summed E-state index contributed by atoms with van der Waals surface area (Å²) in [4.78, 5) is 0. The fourth-order valence-corrected chi connectivity index (χ4v) is 1.42. The van der Waals surface area contributed by atoms with E-state index in [-0.39, 0.29) is 0 Å². The molecule has 77 valence electrons. The zero-order valence-corrected chi connectivity index (χ0v) is 9.22. The van der Waals surface area contributed by atoms with Crippen molar-refractivity contribution in [3.63, 3.8) is 0 Å². The Hall–Kier alpha value is -0.820. The van der Waals surface area contributed by atoms with Gasteiger partial charge in [0.25, 0.3) is 0 Å². The van der Waals surface area contributed by atoms with Gasteiger partial charge in [-0.3, -0.25) is 0 Å². The SMILES string of the molecule is CC[CH]CNCc1cccc(CC)c1. The molecule has 0 heterocycles. The van der Waals surface area contributed by atoms with Crippen LogP contribution < -0.4 is 5.32 Å². The van der Waals surface area contributed by atoms with E-state index in [4.69, 9.17) is 0 Å². The van der Waals surface area contributed by atoms with Crippen LogP contribution in [0.3, 0.4) is 0 Å². The molecule has 0 spiro atoms. The summed E-state index contributed by atoms with van der Waals surface area (Å²) in [6.45, 7) is 6.34. The van der Waals surface area contributed by atoms with Crippen LogP contribution in [0.1, 0.15) is 31.4 Å². The van der Waals surface area contributed by atoms with Gasteiger partial charge in [0.05, 0.1) is 0 Å². The Labute approximate surface area is 87.5 Å². The van der Waals surface area contributed by atoms with Crippen molar-refractivity contribution in [1.82, 2.24) is 5.32 Å². The van der Waals surface area contributed by atoms with Crippen LogP contribution in [0.5, 0.6) is 0 Å². The monoisotopic (exact) mass is 190 g/mol. The van der Waals surface area contributed by atoms with Crippen molar-refractivity contribution in [2.75, 3.05) is 6.54 Å². The molecule has 1 rings (SSSR count). The average Bonchev–Trinajstić information content (AvgIpc) is 2.25. The van der Waals surface area contributed by atoms with Crippen molar-refractivity contribution in [1.29, 1.82) is 0 Å². The Bertz CT molecular complexity index is 255. The molecule has 0 aliphatic carbocycles. The second kappa shape index (κ2) is 6.61. The van der Waals surface area contributed by atoms with Gasteiger partial charge in [-0.05, 0) is 30.5 Å². The van der Waals surface area contributed by atoms with Crippen LogP contribution in [0.25, 0.3) is 0 Å². The number of hydrogen-bond acceptors (Lipinski definition) is 1. The Balaban J connectivity index is 2.34. The maximum atomic E-state index is 3.40. The van der Waals surface area contributed by atoms with Crippen molar-refractivity contribution >= 4 is 0 Å². The zero-order valence-electron chi connectivity index (χ0n) is 9.22. The van der Waals surface area contributed by atoms with Crippen LogP contribution >= 0.6 is 0 Å². The molecular weight excluding hydrogens is 170 g/mol. The minimum absolute atomic E-state index is 0.977. The molecule has 0 amide bonds. The molecule has 1 N–H and O–H groups in total. The van der Waals surface area contributed by atoms with Gasteiger partial charge < -0.3 is 5.32 Å². The molecule has 1 radical (unpaired) electrons. The van der Waals surface area contributed by atoms with E-state index < -0.39 is 0 Å². The van der Waals surface area contributed by atoms with Crippen molar-refractivity contribution in [3.05, 3.63) is 41.8 Å². The molecule has 0 unspecified atom stereocenters. The van der Waals surface area contributed by atoms with E-state index in [1.54, 1.807) is 0 Å².